The Morgan fingerprint density at radius 1 is 1.20 bits per heavy atom. The summed E-state index contributed by atoms with van der Waals surface area (Å²) in [4.78, 5) is 28.5. The molecule has 1 aromatic heterocycles. The molecular weight excluding hydrogens is 386 g/mol. The van der Waals surface area contributed by atoms with E-state index in [1.165, 1.54) is 7.11 Å². The van der Waals surface area contributed by atoms with Crippen LogP contribution in [0.5, 0.6) is 0 Å². The maximum absolute atomic E-state index is 12.3. The molecule has 3 aromatic rings. The Balaban J connectivity index is 1.84. The second-order valence-corrected chi connectivity index (χ2v) is 6.29. The molecule has 0 spiro atoms. The fourth-order valence-corrected chi connectivity index (χ4v) is 2.92. The average Bonchev–Trinajstić information content (AvgIpc) is 2.97. The van der Waals surface area contributed by atoms with Gasteiger partial charge in [-0.2, -0.15) is 0 Å². The van der Waals surface area contributed by atoms with E-state index in [0.717, 1.165) is 15.5 Å². The van der Waals surface area contributed by atoms with Crippen LogP contribution < -0.4 is 5.32 Å². The Labute approximate surface area is 152 Å². The zero-order valence-corrected chi connectivity index (χ0v) is 15.1. The maximum atomic E-state index is 12.3. The minimum absolute atomic E-state index is 0.0408. The molecule has 1 amide bonds. The number of nitrogens with zero attached hydrogens (tertiary/aromatic N) is 2. The van der Waals surface area contributed by atoms with Crippen LogP contribution in [-0.2, 0) is 22.6 Å². The van der Waals surface area contributed by atoms with Crippen LogP contribution >= 0.6 is 15.9 Å². The van der Waals surface area contributed by atoms with Crippen molar-refractivity contribution in [3.63, 3.8) is 0 Å². The van der Waals surface area contributed by atoms with Crippen LogP contribution in [0.4, 0.5) is 0 Å². The molecular formula is C18H16BrN3O3. The number of ether oxygens (including phenoxy) is 1. The van der Waals surface area contributed by atoms with Crippen LogP contribution in [0.1, 0.15) is 16.2 Å². The van der Waals surface area contributed by atoms with Crippen molar-refractivity contribution >= 4 is 38.8 Å². The van der Waals surface area contributed by atoms with Gasteiger partial charge >= 0.3 is 5.97 Å². The SMILES string of the molecule is COC(=O)Cn1c(CNC(=O)c2cccc(Br)c2)nc2ccccc21. The number of hydrogen-bond acceptors (Lipinski definition) is 4. The largest absolute Gasteiger partial charge is 0.468 e. The summed E-state index contributed by atoms with van der Waals surface area (Å²) in [5.41, 5.74) is 2.13. The number of para-hydroxylation sites is 2. The molecule has 0 radical (unpaired) electrons. The summed E-state index contributed by atoms with van der Waals surface area (Å²) >= 11 is 3.35. The average molecular weight is 402 g/mol. The quantitative estimate of drug-likeness (QED) is 0.667. The lowest BCUT2D eigenvalue weighted by Crippen LogP contribution is -2.25. The smallest absolute Gasteiger partial charge is 0.325 e. The summed E-state index contributed by atoms with van der Waals surface area (Å²) in [6.45, 7) is 0.246. The van der Waals surface area contributed by atoms with Crippen molar-refractivity contribution in [3.05, 3.63) is 64.4 Å². The minimum atomic E-state index is -0.372. The van der Waals surface area contributed by atoms with Crippen molar-refractivity contribution in [2.24, 2.45) is 0 Å². The molecule has 7 heteroatoms. The number of carbonyl (C=O) groups excluding carboxylic acids is 2. The fourth-order valence-electron chi connectivity index (χ4n) is 2.52. The number of benzene rings is 2. The molecule has 0 bridgehead atoms. The zero-order valence-electron chi connectivity index (χ0n) is 13.5. The van der Waals surface area contributed by atoms with Gasteiger partial charge in [-0.05, 0) is 30.3 Å². The first-order chi connectivity index (χ1) is 12.1. The number of carbonyl (C=O) groups is 2. The number of amides is 1. The van der Waals surface area contributed by atoms with Crippen molar-refractivity contribution in [2.75, 3.05) is 7.11 Å². The number of methoxy groups -OCH3 is 1. The summed E-state index contributed by atoms with van der Waals surface area (Å²) in [7, 11) is 1.34. The van der Waals surface area contributed by atoms with Gasteiger partial charge in [-0.25, -0.2) is 4.98 Å². The van der Waals surface area contributed by atoms with E-state index in [1.807, 2.05) is 30.3 Å². The Kier molecular flexibility index (Phi) is 5.14. The van der Waals surface area contributed by atoms with Crippen molar-refractivity contribution in [2.45, 2.75) is 13.1 Å². The van der Waals surface area contributed by atoms with Gasteiger partial charge in [0.2, 0.25) is 0 Å². The summed E-state index contributed by atoms with van der Waals surface area (Å²) in [6.07, 6.45) is 0. The molecule has 128 valence electrons. The molecule has 0 unspecified atom stereocenters. The monoisotopic (exact) mass is 401 g/mol. The van der Waals surface area contributed by atoms with Crippen LogP contribution in [0, 0.1) is 0 Å². The first-order valence-corrected chi connectivity index (χ1v) is 8.42. The van der Waals surface area contributed by atoms with Gasteiger partial charge < -0.3 is 14.6 Å². The van der Waals surface area contributed by atoms with Crippen LogP contribution in [0.2, 0.25) is 0 Å². The van der Waals surface area contributed by atoms with Crippen molar-refractivity contribution in [3.8, 4) is 0 Å². The van der Waals surface area contributed by atoms with Gasteiger partial charge in [-0.15, -0.1) is 0 Å². The third kappa shape index (κ3) is 3.88. The van der Waals surface area contributed by atoms with Gasteiger partial charge in [0, 0.05) is 10.0 Å². The number of nitrogens with one attached hydrogen (secondary N) is 1. The number of aromatic nitrogens is 2. The molecule has 0 aliphatic rings. The molecule has 0 aliphatic heterocycles. The maximum Gasteiger partial charge on any atom is 0.325 e. The Hall–Kier alpha value is -2.67. The van der Waals surface area contributed by atoms with Crippen molar-refractivity contribution in [1.82, 2.24) is 14.9 Å². The summed E-state index contributed by atoms with van der Waals surface area (Å²) in [5.74, 6) is 0.00985. The Morgan fingerprint density at radius 3 is 2.76 bits per heavy atom. The van der Waals surface area contributed by atoms with Gasteiger partial charge in [-0.1, -0.05) is 34.1 Å². The third-order valence-electron chi connectivity index (χ3n) is 3.74. The number of halogens is 1. The second-order valence-electron chi connectivity index (χ2n) is 5.37. The van der Waals surface area contributed by atoms with E-state index in [9.17, 15) is 9.59 Å². The third-order valence-corrected chi connectivity index (χ3v) is 4.24. The molecule has 2 aromatic carbocycles. The normalized spacial score (nSPS) is 10.6. The van der Waals surface area contributed by atoms with Crippen LogP contribution in [0.25, 0.3) is 11.0 Å². The first kappa shape index (κ1) is 17.2. The molecule has 0 aliphatic carbocycles. The van der Waals surface area contributed by atoms with Gasteiger partial charge in [0.05, 0.1) is 24.7 Å². The highest BCUT2D eigenvalue weighted by molar-refractivity contribution is 9.10. The summed E-state index contributed by atoms with van der Waals surface area (Å²) in [5, 5.41) is 2.84. The van der Waals surface area contributed by atoms with E-state index in [1.54, 1.807) is 22.8 Å². The number of esters is 1. The summed E-state index contributed by atoms with van der Waals surface area (Å²) < 4.78 is 7.34. The topological polar surface area (TPSA) is 73.2 Å². The zero-order chi connectivity index (χ0) is 17.8. The van der Waals surface area contributed by atoms with E-state index >= 15 is 0 Å². The van der Waals surface area contributed by atoms with E-state index < -0.39 is 0 Å². The molecule has 0 saturated heterocycles. The highest BCUT2D eigenvalue weighted by atomic mass is 79.9. The molecule has 0 saturated carbocycles. The lowest BCUT2D eigenvalue weighted by molar-refractivity contribution is -0.141. The lowest BCUT2D eigenvalue weighted by atomic mass is 10.2. The minimum Gasteiger partial charge on any atom is -0.468 e. The first-order valence-electron chi connectivity index (χ1n) is 7.63. The Bertz CT molecular complexity index is 936. The molecule has 1 heterocycles. The van der Waals surface area contributed by atoms with E-state index in [0.29, 0.717) is 11.4 Å². The van der Waals surface area contributed by atoms with Gasteiger partial charge in [0.1, 0.15) is 12.4 Å². The number of rotatable bonds is 5. The van der Waals surface area contributed by atoms with Crippen molar-refractivity contribution in [1.29, 1.82) is 0 Å². The van der Waals surface area contributed by atoms with Gasteiger partial charge in [0.25, 0.3) is 5.91 Å². The lowest BCUT2D eigenvalue weighted by Gasteiger charge is -2.09. The molecule has 1 N–H and O–H groups in total. The number of imidazole rings is 1. The highest BCUT2D eigenvalue weighted by Gasteiger charge is 2.15. The Morgan fingerprint density at radius 2 is 2.00 bits per heavy atom. The van der Waals surface area contributed by atoms with Crippen LogP contribution in [-0.4, -0.2) is 28.5 Å². The molecule has 25 heavy (non-hydrogen) atoms. The van der Waals surface area contributed by atoms with Crippen LogP contribution in [0.3, 0.4) is 0 Å². The van der Waals surface area contributed by atoms with Crippen molar-refractivity contribution < 1.29 is 14.3 Å². The molecule has 0 atom stereocenters. The molecule has 3 rings (SSSR count). The van der Waals surface area contributed by atoms with Gasteiger partial charge in [-0.3, -0.25) is 9.59 Å². The fraction of sp³-hybridized carbons (Fsp3) is 0.167. The predicted octanol–water partition coefficient (Wildman–Crippen LogP) is 2.90. The standard InChI is InChI=1S/C18H16BrN3O3/c1-25-17(23)11-22-15-8-3-2-7-14(15)21-16(22)10-20-18(24)12-5-4-6-13(19)9-12/h2-9H,10-11H2,1H3,(H,20,24). The van der Waals surface area contributed by atoms with Crippen LogP contribution in [0.15, 0.2) is 53.0 Å². The molecule has 6 nitrogen and oxygen atoms in total. The second kappa shape index (κ2) is 7.48. The van der Waals surface area contributed by atoms with E-state index in [2.05, 4.69) is 26.2 Å². The van der Waals surface area contributed by atoms with E-state index in [4.69, 9.17) is 4.74 Å². The predicted molar refractivity (Wildman–Crippen MR) is 97.1 cm³/mol. The van der Waals surface area contributed by atoms with Gasteiger partial charge in [0.15, 0.2) is 0 Å². The summed E-state index contributed by atoms with van der Waals surface area (Å²) in [6, 6.07) is 14.6. The highest BCUT2D eigenvalue weighted by Crippen LogP contribution is 2.17. The number of hydrogen-bond donors (Lipinski definition) is 1. The number of fused-ring (bicyclic) bond motifs is 1. The van der Waals surface area contributed by atoms with E-state index in [-0.39, 0.29) is 25.0 Å². The molecule has 0 fully saturated rings.